The van der Waals surface area contributed by atoms with E-state index < -0.39 is 24.4 Å². The minimum atomic E-state index is -0.678. The summed E-state index contributed by atoms with van der Waals surface area (Å²) in [5.41, 5.74) is 1.96. The van der Waals surface area contributed by atoms with Crippen LogP contribution in [0.25, 0.3) is 6.08 Å². The molecule has 0 aliphatic carbocycles. The third-order valence-electron chi connectivity index (χ3n) is 5.62. The Kier molecular flexibility index (Phi) is 6.87. The second-order valence-electron chi connectivity index (χ2n) is 8.78. The van der Waals surface area contributed by atoms with Crippen molar-refractivity contribution in [1.82, 2.24) is 5.32 Å². The lowest BCUT2D eigenvalue weighted by atomic mass is 9.77. The van der Waals surface area contributed by atoms with Crippen LogP contribution in [0.3, 0.4) is 0 Å². The first-order chi connectivity index (χ1) is 14.6. The highest BCUT2D eigenvalue weighted by molar-refractivity contribution is 6.56. The Labute approximate surface area is 183 Å². The number of nitrogens with one attached hydrogen (secondary N) is 1. The quantitative estimate of drug-likeness (QED) is 0.657. The van der Waals surface area contributed by atoms with Crippen molar-refractivity contribution in [2.75, 3.05) is 6.54 Å². The summed E-state index contributed by atoms with van der Waals surface area (Å²) in [6, 6.07) is 14.2. The summed E-state index contributed by atoms with van der Waals surface area (Å²) in [5, 5.41) is 2.75. The standard InChI is InChI=1S/C24H29BFNO4/c1-17-11-19(14-21(26)12-17)13-20(25-30-23(2,3)24(4,5)31-25)15-27-22(28)29-16-18-9-7-6-8-10-18/h6-14H,15-16H2,1-5H3,(H,27,28). The number of hydrogen-bond acceptors (Lipinski definition) is 4. The molecule has 2 aromatic carbocycles. The Balaban J connectivity index is 1.74. The first kappa shape index (κ1) is 23.0. The van der Waals surface area contributed by atoms with E-state index in [0.717, 1.165) is 11.1 Å². The van der Waals surface area contributed by atoms with Gasteiger partial charge in [0.25, 0.3) is 0 Å². The van der Waals surface area contributed by atoms with E-state index in [4.69, 9.17) is 14.0 Å². The van der Waals surface area contributed by atoms with E-state index in [1.54, 1.807) is 6.08 Å². The Morgan fingerprint density at radius 1 is 1.10 bits per heavy atom. The van der Waals surface area contributed by atoms with Crippen molar-refractivity contribution < 1.29 is 23.2 Å². The van der Waals surface area contributed by atoms with Gasteiger partial charge in [-0.15, -0.1) is 0 Å². The van der Waals surface area contributed by atoms with E-state index in [1.807, 2.05) is 71.0 Å². The van der Waals surface area contributed by atoms with Crippen molar-refractivity contribution in [3.63, 3.8) is 0 Å². The molecule has 1 amide bonds. The molecule has 3 rings (SSSR count). The molecule has 1 aliphatic heterocycles. The van der Waals surface area contributed by atoms with Crippen LogP contribution in [-0.4, -0.2) is 31.0 Å². The highest BCUT2D eigenvalue weighted by Gasteiger charge is 2.52. The van der Waals surface area contributed by atoms with Crippen molar-refractivity contribution in [3.8, 4) is 0 Å². The second kappa shape index (κ2) is 9.24. The number of alkyl carbamates (subject to hydrolysis) is 1. The molecule has 1 aliphatic rings. The van der Waals surface area contributed by atoms with E-state index in [2.05, 4.69) is 5.32 Å². The Morgan fingerprint density at radius 2 is 1.74 bits per heavy atom. The lowest BCUT2D eigenvalue weighted by molar-refractivity contribution is 0.00578. The SMILES string of the molecule is Cc1cc(F)cc(C=C(CNC(=O)OCc2ccccc2)B2OC(C)(C)C(C)(C)O2)c1. The number of halogens is 1. The number of carbonyl (C=O) groups is 1. The van der Waals surface area contributed by atoms with Gasteiger partial charge >= 0.3 is 13.2 Å². The Morgan fingerprint density at radius 3 is 2.35 bits per heavy atom. The fourth-order valence-electron chi connectivity index (χ4n) is 3.21. The maximum absolute atomic E-state index is 13.9. The van der Waals surface area contributed by atoms with Crippen LogP contribution in [0.4, 0.5) is 9.18 Å². The van der Waals surface area contributed by atoms with Crippen LogP contribution in [0.15, 0.2) is 54.0 Å². The zero-order chi connectivity index (χ0) is 22.6. The molecule has 2 aromatic rings. The van der Waals surface area contributed by atoms with Gasteiger partial charge in [-0.05, 0) is 68.9 Å². The number of aryl methyl sites for hydroxylation is 1. The molecule has 31 heavy (non-hydrogen) atoms. The Bertz CT molecular complexity index is 923. The molecule has 0 unspecified atom stereocenters. The zero-order valence-corrected chi connectivity index (χ0v) is 18.7. The summed E-state index contributed by atoms with van der Waals surface area (Å²) in [5.74, 6) is -0.324. The molecule has 0 spiro atoms. The van der Waals surface area contributed by atoms with Crippen molar-refractivity contribution in [1.29, 1.82) is 0 Å². The molecule has 1 heterocycles. The molecule has 0 bridgehead atoms. The minimum Gasteiger partial charge on any atom is -0.445 e. The van der Waals surface area contributed by atoms with Gasteiger partial charge in [0.05, 0.1) is 11.2 Å². The second-order valence-corrected chi connectivity index (χ2v) is 8.78. The van der Waals surface area contributed by atoms with Crippen LogP contribution >= 0.6 is 0 Å². The van der Waals surface area contributed by atoms with Crippen LogP contribution < -0.4 is 5.32 Å². The molecule has 0 aromatic heterocycles. The van der Waals surface area contributed by atoms with Crippen LogP contribution in [0.2, 0.25) is 0 Å². The van der Waals surface area contributed by atoms with E-state index in [0.29, 0.717) is 11.0 Å². The smallest absolute Gasteiger partial charge is 0.445 e. The number of rotatable bonds is 6. The third-order valence-corrected chi connectivity index (χ3v) is 5.62. The summed E-state index contributed by atoms with van der Waals surface area (Å²) < 4.78 is 31.5. The van der Waals surface area contributed by atoms with Gasteiger partial charge in [0.2, 0.25) is 0 Å². The van der Waals surface area contributed by atoms with Gasteiger partial charge in [-0.1, -0.05) is 42.5 Å². The Hall–Kier alpha value is -2.64. The lowest BCUT2D eigenvalue weighted by Gasteiger charge is -2.32. The monoisotopic (exact) mass is 425 g/mol. The zero-order valence-electron chi connectivity index (χ0n) is 18.7. The van der Waals surface area contributed by atoms with Gasteiger partial charge in [-0.2, -0.15) is 0 Å². The maximum Gasteiger partial charge on any atom is 0.492 e. The molecular formula is C24H29BFNO4. The predicted molar refractivity (Wildman–Crippen MR) is 120 cm³/mol. The lowest BCUT2D eigenvalue weighted by Crippen LogP contribution is -2.41. The van der Waals surface area contributed by atoms with Crippen LogP contribution in [0, 0.1) is 12.7 Å². The average Bonchev–Trinajstić information content (AvgIpc) is 2.90. The van der Waals surface area contributed by atoms with Crippen molar-refractivity contribution in [2.24, 2.45) is 0 Å². The molecule has 7 heteroatoms. The summed E-state index contributed by atoms with van der Waals surface area (Å²) in [6.07, 6.45) is 1.23. The average molecular weight is 425 g/mol. The number of ether oxygens (including phenoxy) is 1. The van der Waals surface area contributed by atoms with Gasteiger partial charge in [-0.3, -0.25) is 0 Å². The highest BCUT2D eigenvalue weighted by atomic mass is 19.1. The molecule has 0 radical (unpaired) electrons. The fourth-order valence-corrected chi connectivity index (χ4v) is 3.21. The summed E-state index contributed by atoms with van der Waals surface area (Å²) in [7, 11) is -0.678. The largest absolute Gasteiger partial charge is 0.492 e. The molecular weight excluding hydrogens is 396 g/mol. The molecule has 1 saturated heterocycles. The van der Waals surface area contributed by atoms with Crippen LogP contribution in [0.5, 0.6) is 0 Å². The molecule has 0 saturated carbocycles. The highest BCUT2D eigenvalue weighted by Crippen LogP contribution is 2.38. The molecule has 5 nitrogen and oxygen atoms in total. The van der Waals surface area contributed by atoms with E-state index in [9.17, 15) is 9.18 Å². The van der Waals surface area contributed by atoms with Gasteiger partial charge in [0, 0.05) is 6.54 Å². The van der Waals surface area contributed by atoms with E-state index in [1.165, 1.54) is 12.1 Å². The van der Waals surface area contributed by atoms with Crippen LogP contribution in [0.1, 0.15) is 44.4 Å². The van der Waals surface area contributed by atoms with Gasteiger partial charge in [0.1, 0.15) is 12.4 Å². The summed E-state index contributed by atoms with van der Waals surface area (Å²) >= 11 is 0. The maximum atomic E-state index is 13.9. The molecule has 1 fully saturated rings. The summed E-state index contributed by atoms with van der Waals surface area (Å²) in [4.78, 5) is 12.2. The number of carbonyl (C=O) groups excluding carboxylic acids is 1. The van der Waals surface area contributed by atoms with Crippen molar-refractivity contribution >= 4 is 19.3 Å². The number of hydrogen-bond donors (Lipinski definition) is 1. The first-order valence-corrected chi connectivity index (χ1v) is 10.3. The van der Waals surface area contributed by atoms with Crippen molar-refractivity contribution in [2.45, 2.75) is 52.4 Å². The number of benzene rings is 2. The van der Waals surface area contributed by atoms with E-state index in [-0.39, 0.29) is 19.0 Å². The van der Waals surface area contributed by atoms with E-state index >= 15 is 0 Å². The van der Waals surface area contributed by atoms with Crippen LogP contribution in [-0.2, 0) is 20.7 Å². The number of amides is 1. The van der Waals surface area contributed by atoms with Crippen molar-refractivity contribution in [3.05, 3.63) is 76.5 Å². The third kappa shape index (κ3) is 5.96. The van der Waals surface area contributed by atoms with Gasteiger partial charge in [0.15, 0.2) is 0 Å². The van der Waals surface area contributed by atoms with Gasteiger partial charge < -0.3 is 19.4 Å². The fraction of sp³-hybridized carbons (Fsp3) is 0.375. The first-order valence-electron chi connectivity index (χ1n) is 10.3. The normalized spacial score (nSPS) is 17.5. The minimum absolute atomic E-state index is 0.139. The topological polar surface area (TPSA) is 56.8 Å². The molecule has 1 N–H and O–H groups in total. The molecule has 0 atom stereocenters. The summed E-state index contributed by atoms with van der Waals surface area (Å²) in [6.45, 7) is 9.97. The molecule has 164 valence electrons. The predicted octanol–water partition coefficient (Wildman–Crippen LogP) is 5.08. The van der Waals surface area contributed by atoms with Gasteiger partial charge in [-0.25, -0.2) is 9.18 Å².